The number of rotatable bonds is 11. The van der Waals surface area contributed by atoms with E-state index in [0.29, 0.717) is 17.9 Å². The average molecular weight is 503 g/mol. The third kappa shape index (κ3) is 7.54. The second kappa shape index (κ2) is 12.7. The third-order valence-electron chi connectivity index (χ3n) is 6.61. The number of benzene rings is 2. The van der Waals surface area contributed by atoms with Crippen molar-refractivity contribution in [2.24, 2.45) is 0 Å². The lowest BCUT2D eigenvalue weighted by molar-refractivity contribution is -0.116. The molecule has 0 aliphatic heterocycles. The van der Waals surface area contributed by atoms with Gasteiger partial charge in [-0.1, -0.05) is 77.3 Å². The van der Waals surface area contributed by atoms with E-state index in [4.69, 9.17) is 5.10 Å². The van der Waals surface area contributed by atoms with Gasteiger partial charge in [0, 0.05) is 23.6 Å². The highest BCUT2D eigenvalue weighted by Gasteiger charge is 2.23. The Hall–Kier alpha value is -3.41. The summed E-state index contributed by atoms with van der Waals surface area (Å²) in [6.45, 7) is 12.8. The molecule has 1 heterocycles. The van der Waals surface area contributed by atoms with Crippen LogP contribution < -0.4 is 5.32 Å². The molecule has 1 N–H and O–H groups in total. The maximum Gasteiger partial charge on any atom is 0.254 e. The smallest absolute Gasteiger partial charge is 0.254 e. The van der Waals surface area contributed by atoms with Gasteiger partial charge in [0.15, 0.2) is 0 Å². The Morgan fingerprint density at radius 3 is 2.30 bits per heavy atom. The molecule has 0 radical (unpaired) electrons. The number of aryl methyl sites for hydroxylation is 2. The highest BCUT2D eigenvalue weighted by atomic mass is 16.2. The third-order valence-corrected chi connectivity index (χ3v) is 6.61. The van der Waals surface area contributed by atoms with Crippen LogP contribution in [0, 0.1) is 6.92 Å². The van der Waals surface area contributed by atoms with E-state index in [1.165, 1.54) is 31.2 Å². The van der Waals surface area contributed by atoms with E-state index in [0.717, 1.165) is 23.4 Å². The fourth-order valence-electron chi connectivity index (χ4n) is 4.26. The normalized spacial score (nSPS) is 11.4. The van der Waals surface area contributed by atoms with E-state index in [1.54, 1.807) is 9.58 Å². The number of aromatic nitrogens is 2. The quantitative estimate of drug-likeness (QED) is 0.297. The fraction of sp³-hybridized carbons (Fsp3) is 0.452. The molecule has 0 saturated heterocycles. The zero-order chi connectivity index (χ0) is 27.0. The van der Waals surface area contributed by atoms with Crippen LogP contribution in [0.4, 0.5) is 5.82 Å². The Morgan fingerprint density at radius 1 is 0.973 bits per heavy atom. The molecular weight excluding hydrogens is 460 g/mol. The van der Waals surface area contributed by atoms with Gasteiger partial charge in [-0.15, -0.1) is 0 Å². The molecule has 6 nitrogen and oxygen atoms in total. The molecule has 37 heavy (non-hydrogen) atoms. The molecule has 0 bridgehead atoms. The summed E-state index contributed by atoms with van der Waals surface area (Å²) in [6.07, 6.45) is 5.90. The van der Waals surface area contributed by atoms with Crippen LogP contribution in [-0.4, -0.2) is 39.6 Å². The molecule has 3 aromatic rings. The van der Waals surface area contributed by atoms with Crippen molar-refractivity contribution >= 4 is 17.6 Å². The minimum absolute atomic E-state index is 0.0299. The first-order chi connectivity index (χ1) is 17.6. The van der Waals surface area contributed by atoms with Gasteiger partial charge >= 0.3 is 0 Å². The Kier molecular flexibility index (Phi) is 9.67. The molecule has 0 spiro atoms. The van der Waals surface area contributed by atoms with Crippen LogP contribution in [0.3, 0.4) is 0 Å². The zero-order valence-corrected chi connectivity index (χ0v) is 23.3. The van der Waals surface area contributed by atoms with E-state index in [2.05, 4.69) is 33.0 Å². The number of hydrogen-bond donors (Lipinski definition) is 1. The summed E-state index contributed by atoms with van der Waals surface area (Å²) < 4.78 is 1.78. The van der Waals surface area contributed by atoms with Gasteiger partial charge < -0.3 is 10.2 Å². The Labute approximate surface area is 222 Å². The average Bonchev–Trinajstić information content (AvgIpc) is 3.29. The Bertz CT molecular complexity index is 1190. The first-order valence-corrected chi connectivity index (χ1v) is 13.5. The first-order valence-electron chi connectivity index (χ1n) is 13.5. The number of carbonyl (C=O) groups excluding carboxylic acids is 2. The molecule has 0 aliphatic rings. The fourth-order valence-corrected chi connectivity index (χ4v) is 4.26. The predicted octanol–water partition coefficient (Wildman–Crippen LogP) is 6.70. The number of para-hydroxylation sites is 1. The minimum Gasteiger partial charge on any atom is -0.330 e. The summed E-state index contributed by atoms with van der Waals surface area (Å²) in [6, 6.07) is 17.7. The highest BCUT2D eigenvalue weighted by Crippen LogP contribution is 2.27. The van der Waals surface area contributed by atoms with Gasteiger partial charge in [0.25, 0.3) is 5.91 Å². The minimum atomic E-state index is -0.252. The Morgan fingerprint density at radius 2 is 1.68 bits per heavy atom. The molecule has 2 aromatic carbocycles. The van der Waals surface area contributed by atoms with Crippen molar-refractivity contribution in [2.75, 3.05) is 18.4 Å². The van der Waals surface area contributed by atoms with Crippen LogP contribution in [0.1, 0.15) is 87.5 Å². The van der Waals surface area contributed by atoms with E-state index < -0.39 is 0 Å². The van der Waals surface area contributed by atoms with Crippen molar-refractivity contribution in [1.29, 1.82) is 0 Å². The second-order valence-electron chi connectivity index (χ2n) is 10.7. The van der Waals surface area contributed by atoms with Gasteiger partial charge in [-0.25, -0.2) is 4.68 Å². The van der Waals surface area contributed by atoms with E-state index in [1.807, 2.05) is 68.4 Å². The molecule has 0 aliphatic carbocycles. The molecule has 6 heteroatoms. The number of amides is 2. The molecule has 198 valence electrons. The molecule has 0 saturated carbocycles. The van der Waals surface area contributed by atoms with E-state index >= 15 is 0 Å². The maximum atomic E-state index is 13.2. The van der Waals surface area contributed by atoms with Crippen LogP contribution in [0.15, 0.2) is 54.6 Å². The lowest BCUT2D eigenvalue weighted by atomic mass is 9.92. The molecule has 2 amide bonds. The standard InChI is InChI=1S/C31H42N4O2/c1-7-9-10-11-15-24-17-19-25(20-18-24)30(37)34(8-2)22-29(36)32-28-21-27(31(4,5)6)33-35(28)26-16-13-12-14-23(26)3/h12-14,16-21H,7-11,15,22H2,1-6H3,(H,32,36). The van der Waals surface area contributed by atoms with Crippen LogP contribution in [0.5, 0.6) is 0 Å². The topological polar surface area (TPSA) is 67.2 Å². The van der Waals surface area contributed by atoms with Gasteiger partial charge in [0.05, 0.1) is 11.4 Å². The van der Waals surface area contributed by atoms with Crippen molar-refractivity contribution in [3.8, 4) is 5.69 Å². The number of likely N-dealkylation sites (N-methyl/N-ethyl adjacent to an activating group) is 1. The van der Waals surface area contributed by atoms with Gasteiger partial charge in [-0.05, 0) is 56.0 Å². The van der Waals surface area contributed by atoms with Crippen molar-refractivity contribution in [3.63, 3.8) is 0 Å². The predicted molar refractivity (Wildman–Crippen MR) is 151 cm³/mol. The molecule has 0 fully saturated rings. The van der Waals surface area contributed by atoms with Crippen LogP contribution in [-0.2, 0) is 16.6 Å². The summed E-state index contributed by atoms with van der Waals surface area (Å²) in [7, 11) is 0. The highest BCUT2D eigenvalue weighted by molar-refractivity contribution is 5.99. The van der Waals surface area contributed by atoms with Gasteiger partial charge in [0.2, 0.25) is 5.91 Å². The van der Waals surface area contributed by atoms with Gasteiger partial charge in [0.1, 0.15) is 12.4 Å². The number of hydrogen-bond acceptors (Lipinski definition) is 3. The number of carbonyl (C=O) groups is 2. The monoisotopic (exact) mass is 502 g/mol. The lowest BCUT2D eigenvalue weighted by Crippen LogP contribution is -2.38. The number of anilines is 1. The summed E-state index contributed by atoms with van der Waals surface area (Å²) in [5.74, 6) is 0.205. The SMILES string of the molecule is CCCCCCc1ccc(C(=O)N(CC)CC(=O)Nc2cc(C(C)(C)C)nn2-c2ccccc2C)cc1. The summed E-state index contributed by atoms with van der Waals surface area (Å²) in [5, 5.41) is 7.82. The molecule has 0 atom stereocenters. The lowest BCUT2D eigenvalue weighted by Gasteiger charge is -2.21. The summed E-state index contributed by atoms with van der Waals surface area (Å²) in [5.41, 5.74) is 4.51. The van der Waals surface area contributed by atoms with E-state index in [-0.39, 0.29) is 23.8 Å². The van der Waals surface area contributed by atoms with Gasteiger partial charge in [-0.2, -0.15) is 5.10 Å². The molecular formula is C31H42N4O2. The van der Waals surface area contributed by atoms with Crippen LogP contribution in [0.25, 0.3) is 5.69 Å². The summed E-state index contributed by atoms with van der Waals surface area (Å²) >= 11 is 0. The maximum absolute atomic E-state index is 13.2. The molecule has 1 aromatic heterocycles. The van der Waals surface area contributed by atoms with Crippen molar-refractivity contribution in [3.05, 3.63) is 77.0 Å². The molecule has 3 rings (SSSR count). The van der Waals surface area contributed by atoms with Crippen molar-refractivity contribution in [2.45, 2.75) is 79.1 Å². The number of unbranched alkanes of at least 4 members (excludes halogenated alkanes) is 3. The Balaban J connectivity index is 1.72. The van der Waals surface area contributed by atoms with Gasteiger partial charge in [-0.3, -0.25) is 9.59 Å². The summed E-state index contributed by atoms with van der Waals surface area (Å²) in [4.78, 5) is 27.9. The molecule has 0 unspecified atom stereocenters. The number of nitrogens with zero attached hydrogens (tertiary/aromatic N) is 3. The van der Waals surface area contributed by atoms with Crippen LogP contribution >= 0.6 is 0 Å². The largest absolute Gasteiger partial charge is 0.330 e. The van der Waals surface area contributed by atoms with E-state index in [9.17, 15) is 9.59 Å². The van der Waals surface area contributed by atoms with Crippen molar-refractivity contribution in [1.82, 2.24) is 14.7 Å². The zero-order valence-electron chi connectivity index (χ0n) is 23.3. The van der Waals surface area contributed by atoms with Crippen molar-refractivity contribution < 1.29 is 9.59 Å². The number of nitrogens with one attached hydrogen (secondary N) is 1. The van der Waals surface area contributed by atoms with Crippen LogP contribution in [0.2, 0.25) is 0 Å². The first kappa shape index (κ1) is 28.2. The second-order valence-corrected chi connectivity index (χ2v) is 10.7.